The van der Waals surface area contributed by atoms with Gasteiger partial charge < -0.3 is 20.3 Å². The Morgan fingerprint density at radius 2 is 2.24 bits per heavy atom. The molecule has 0 aliphatic carbocycles. The highest BCUT2D eigenvalue weighted by molar-refractivity contribution is 5.80. The molecule has 21 heavy (non-hydrogen) atoms. The predicted molar refractivity (Wildman–Crippen MR) is 82.0 cm³/mol. The topological polar surface area (TPSA) is 68.4 Å². The maximum Gasteiger partial charge on any atom is 0.318 e. The number of H-pyrrole nitrogens is 1. The van der Waals surface area contributed by atoms with Crippen molar-refractivity contribution in [2.24, 2.45) is 0 Å². The van der Waals surface area contributed by atoms with Crippen molar-refractivity contribution in [3.05, 3.63) is 36.0 Å². The van der Waals surface area contributed by atoms with Crippen molar-refractivity contribution >= 4 is 16.9 Å². The van der Waals surface area contributed by atoms with Crippen LogP contribution in [0.15, 0.2) is 30.3 Å². The third-order valence-electron chi connectivity index (χ3n) is 4.11. The van der Waals surface area contributed by atoms with E-state index in [-0.39, 0.29) is 18.7 Å². The number of benzene rings is 1. The average molecular weight is 287 g/mol. The van der Waals surface area contributed by atoms with Crippen molar-refractivity contribution in [1.82, 2.24) is 15.2 Å². The number of carbonyl (C=O) groups excluding carboxylic acids is 1. The predicted octanol–water partition coefficient (Wildman–Crippen LogP) is 2.22. The zero-order valence-corrected chi connectivity index (χ0v) is 12.0. The molecule has 3 N–H and O–H groups in total. The fourth-order valence-corrected chi connectivity index (χ4v) is 2.96. The van der Waals surface area contributed by atoms with Gasteiger partial charge in [0.2, 0.25) is 0 Å². The van der Waals surface area contributed by atoms with Gasteiger partial charge >= 0.3 is 6.03 Å². The standard InChI is InChI=1S/C16H21N3O2/c20-11-14-6-3-4-8-19(14)16(21)17-10-13-9-12-5-1-2-7-15(12)18-13/h1-2,5,7,9,14,18,20H,3-4,6,8,10-11H2,(H,17,21). The van der Waals surface area contributed by atoms with E-state index >= 15 is 0 Å². The molecule has 2 amide bonds. The van der Waals surface area contributed by atoms with Crippen LogP contribution in [-0.4, -0.2) is 40.2 Å². The molecular weight excluding hydrogens is 266 g/mol. The normalized spacial score (nSPS) is 18.9. The molecule has 0 bridgehead atoms. The number of aromatic nitrogens is 1. The van der Waals surface area contributed by atoms with Gasteiger partial charge in [-0.2, -0.15) is 0 Å². The fourth-order valence-electron chi connectivity index (χ4n) is 2.96. The summed E-state index contributed by atoms with van der Waals surface area (Å²) in [7, 11) is 0. The monoisotopic (exact) mass is 287 g/mol. The summed E-state index contributed by atoms with van der Waals surface area (Å²) in [6.45, 7) is 1.24. The number of aliphatic hydroxyl groups is 1. The van der Waals surface area contributed by atoms with Crippen LogP contribution in [0.2, 0.25) is 0 Å². The van der Waals surface area contributed by atoms with Gasteiger partial charge in [-0.25, -0.2) is 4.79 Å². The van der Waals surface area contributed by atoms with Crippen molar-refractivity contribution in [3.63, 3.8) is 0 Å². The van der Waals surface area contributed by atoms with E-state index in [1.165, 1.54) is 0 Å². The van der Waals surface area contributed by atoms with Crippen molar-refractivity contribution in [1.29, 1.82) is 0 Å². The number of fused-ring (bicyclic) bond motifs is 1. The zero-order valence-electron chi connectivity index (χ0n) is 12.0. The Morgan fingerprint density at radius 3 is 3.05 bits per heavy atom. The number of urea groups is 1. The summed E-state index contributed by atoms with van der Waals surface area (Å²) in [4.78, 5) is 17.3. The zero-order chi connectivity index (χ0) is 14.7. The van der Waals surface area contributed by atoms with Crippen LogP contribution in [0.25, 0.3) is 10.9 Å². The van der Waals surface area contributed by atoms with E-state index in [0.717, 1.165) is 42.4 Å². The summed E-state index contributed by atoms with van der Waals surface area (Å²) >= 11 is 0. The Bertz CT molecular complexity index is 590. The van der Waals surface area contributed by atoms with E-state index in [9.17, 15) is 9.90 Å². The Kier molecular flexibility index (Phi) is 4.10. The van der Waals surface area contributed by atoms with Crippen molar-refractivity contribution < 1.29 is 9.90 Å². The van der Waals surface area contributed by atoms with Crippen molar-refractivity contribution in [2.75, 3.05) is 13.2 Å². The number of hydrogen-bond acceptors (Lipinski definition) is 2. The second-order valence-corrected chi connectivity index (χ2v) is 5.57. The molecule has 2 aromatic rings. The highest BCUT2D eigenvalue weighted by atomic mass is 16.3. The van der Waals surface area contributed by atoms with Crippen molar-refractivity contribution in [2.45, 2.75) is 31.8 Å². The first-order chi connectivity index (χ1) is 10.3. The average Bonchev–Trinajstić information content (AvgIpc) is 2.95. The van der Waals surface area contributed by atoms with Gasteiger partial charge in [0.1, 0.15) is 0 Å². The molecule has 1 aromatic carbocycles. The molecular formula is C16H21N3O2. The molecule has 0 spiro atoms. The minimum absolute atomic E-state index is 0.0403. The van der Waals surface area contributed by atoms with Crippen LogP contribution in [0, 0.1) is 0 Å². The smallest absolute Gasteiger partial charge is 0.318 e. The molecule has 0 radical (unpaired) electrons. The Balaban J connectivity index is 1.62. The molecule has 1 aliphatic heterocycles. The number of piperidine rings is 1. The maximum absolute atomic E-state index is 12.2. The van der Waals surface area contributed by atoms with Crippen LogP contribution >= 0.6 is 0 Å². The van der Waals surface area contributed by atoms with Crippen LogP contribution in [0.1, 0.15) is 25.0 Å². The number of carbonyl (C=O) groups is 1. The van der Waals surface area contributed by atoms with Gasteiger partial charge in [0.05, 0.1) is 19.2 Å². The summed E-state index contributed by atoms with van der Waals surface area (Å²) in [5.41, 5.74) is 2.06. The first-order valence-electron chi connectivity index (χ1n) is 7.50. The first kappa shape index (κ1) is 13.9. The van der Waals surface area contributed by atoms with Crippen LogP contribution in [-0.2, 0) is 6.54 Å². The number of para-hydroxylation sites is 1. The molecule has 1 fully saturated rings. The van der Waals surface area contributed by atoms with E-state index < -0.39 is 0 Å². The molecule has 2 heterocycles. The molecule has 1 aromatic heterocycles. The summed E-state index contributed by atoms with van der Waals surface area (Å²) in [6, 6.07) is 9.97. The second kappa shape index (κ2) is 6.18. The Labute approximate surface area is 124 Å². The summed E-state index contributed by atoms with van der Waals surface area (Å²) in [6.07, 6.45) is 2.98. The second-order valence-electron chi connectivity index (χ2n) is 5.57. The number of nitrogens with one attached hydrogen (secondary N) is 2. The lowest BCUT2D eigenvalue weighted by Gasteiger charge is -2.34. The minimum Gasteiger partial charge on any atom is -0.394 e. The molecule has 1 atom stereocenters. The van der Waals surface area contributed by atoms with Gasteiger partial charge in [-0.3, -0.25) is 0 Å². The quantitative estimate of drug-likeness (QED) is 0.810. The third-order valence-corrected chi connectivity index (χ3v) is 4.11. The van der Waals surface area contributed by atoms with Gasteiger partial charge in [0, 0.05) is 17.8 Å². The number of likely N-dealkylation sites (tertiary alicyclic amines) is 1. The molecule has 0 saturated carbocycles. The first-order valence-corrected chi connectivity index (χ1v) is 7.50. The van der Waals surface area contributed by atoms with E-state index in [1.54, 1.807) is 4.90 Å². The molecule has 112 valence electrons. The van der Waals surface area contributed by atoms with E-state index in [2.05, 4.69) is 16.4 Å². The Morgan fingerprint density at radius 1 is 1.38 bits per heavy atom. The van der Waals surface area contributed by atoms with E-state index in [0.29, 0.717) is 6.54 Å². The third kappa shape index (κ3) is 3.03. The summed E-state index contributed by atoms with van der Waals surface area (Å²) in [5.74, 6) is 0. The molecule has 1 unspecified atom stereocenters. The fraction of sp³-hybridized carbons (Fsp3) is 0.438. The highest BCUT2D eigenvalue weighted by Gasteiger charge is 2.25. The van der Waals surface area contributed by atoms with Gasteiger partial charge in [0.15, 0.2) is 0 Å². The number of rotatable bonds is 3. The van der Waals surface area contributed by atoms with Gasteiger partial charge in [-0.1, -0.05) is 18.2 Å². The Hall–Kier alpha value is -2.01. The number of aliphatic hydroxyl groups excluding tert-OH is 1. The van der Waals surface area contributed by atoms with Gasteiger partial charge in [0.25, 0.3) is 0 Å². The number of nitrogens with zero attached hydrogens (tertiary/aromatic N) is 1. The van der Waals surface area contributed by atoms with Crippen molar-refractivity contribution in [3.8, 4) is 0 Å². The van der Waals surface area contributed by atoms with E-state index in [4.69, 9.17) is 0 Å². The molecule has 5 nitrogen and oxygen atoms in total. The van der Waals surface area contributed by atoms with Gasteiger partial charge in [-0.15, -0.1) is 0 Å². The van der Waals surface area contributed by atoms with Crippen LogP contribution in [0.4, 0.5) is 4.79 Å². The molecule has 5 heteroatoms. The lowest BCUT2D eigenvalue weighted by atomic mass is 10.0. The summed E-state index contributed by atoms with van der Waals surface area (Å²) < 4.78 is 0. The largest absolute Gasteiger partial charge is 0.394 e. The SMILES string of the molecule is O=C(NCc1cc2ccccc2[nH]1)N1CCCCC1CO. The maximum atomic E-state index is 12.2. The lowest BCUT2D eigenvalue weighted by Crippen LogP contribution is -2.49. The number of aromatic amines is 1. The van der Waals surface area contributed by atoms with Crippen LogP contribution in [0.5, 0.6) is 0 Å². The lowest BCUT2D eigenvalue weighted by molar-refractivity contribution is 0.108. The summed E-state index contributed by atoms with van der Waals surface area (Å²) in [5, 5.41) is 13.4. The number of hydrogen-bond donors (Lipinski definition) is 3. The molecule has 1 aliphatic rings. The number of amides is 2. The van der Waals surface area contributed by atoms with Crippen LogP contribution < -0.4 is 5.32 Å². The van der Waals surface area contributed by atoms with Gasteiger partial charge in [-0.05, 0) is 36.8 Å². The molecule has 1 saturated heterocycles. The molecule has 3 rings (SSSR count). The highest BCUT2D eigenvalue weighted by Crippen LogP contribution is 2.17. The van der Waals surface area contributed by atoms with Crippen LogP contribution in [0.3, 0.4) is 0 Å². The van der Waals surface area contributed by atoms with E-state index in [1.807, 2.05) is 24.3 Å². The minimum atomic E-state index is -0.0904.